The largest absolute Gasteiger partial charge is 0.371 e. The number of aromatic nitrogens is 2. The van der Waals surface area contributed by atoms with Gasteiger partial charge in [-0.05, 0) is 31.9 Å². The SMILES string of the molecule is Cc1ccc(N2CCCC2)c(C(=O)N(C)Cc2nccn2C)c1. The molecule has 122 valence electrons. The minimum absolute atomic E-state index is 0.0543. The molecule has 1 aromatic heterocycles. The Balaban J connectivity index is 1.85. The van der Waals surface area contributed by atoms with Crippen LogP contribution in [-0.4, -0.2) is 40.5 Å². The molecule has 1 aliphatic rings. The molecule has 23 heavy (non-hydrogen) atoms. The summed E-state index contributed by atoms with van der Waals surface area (Å²) in [6.07, 6.45) is 6.06. The third-order valence-corrected chi connectivity index (χ3v) is 4.48. The zero-order valence-corrected chi connectivity index (χ0v) is 14.1. The molecule has 0 unspecified atom stereocenters. The molecular formula is C18H24N4O. The van der Waals surface area contributed by atoms with Crippen LogP contribution in [0.1, 0.15) is 34.6 Å². The van der Waals surface area contributed by atoms with Gasteiger partial charge in [0.05, 0.1) is 12.1 Å². The van der Waals surface area contributed by atoms with Crippen LogP contribution in [0.4, 0.5) is 5.69 Å². The van der Waals surface area contributed by atoms with Crippen LogP contribution in [0.5, 0.6) is 0 Å². The summed E-state index contributed by atoms with van der Waals surface area (Å²) in [5.41, 5.74) is 2.97. The average Bonchev–Trinajstić information content (AvgIpc) is 3.19. The Labute approximate surface area is 137 Å². The third kappa shape index (κ3) is 3.23. The van der Waals surface area contributed by atoms with Crippen molar-refractivity contribution >= 4 is 11.6 Å². The highest BCUT2D eigenvalue weighted by atomic mass is 16.2. The van der Waals surface area contributed by atoms with Gasteiger partial charge in [-0.25, -0.2) is 4.98 Å². The van der Waals surface area contributed by atoms with Crippen LogP contribution in [-0.2, 0) is 13.6 Å². The number of hydrogen-bond donors (Lipinski definition) is 0. The topological polar surface area (TPSA) is 41.4 Å². The number of benzene rings is 1. The molecule has 1 fully saturated rings. The van der Waals surface area contributed by atoms with Gasteiger partial charge < -0.3 is 14.4 Å². The Morgan fingerprint density at radius 2 is 2.04 bits per heavy atom. The first-order valence-corrected chi connectivity index (χ1v) is 8.13. The van der Waals surface area contributed by atoms with Gasteiger partial charge in [-0.3, -0.25) is 4.79 Å². The van der Waals surface area contributed by atoms with Crippen molar-refractivity contribution in [1.82, 2.24) is 14.5 Å². The molecule has 5 nitrogen and oxygen atoms in total. The van der Waals surface area contributed by atoms with Crippen LogP contribution >= 0.6 is 0 Å². The normalized spacial score (nSPS) is 14.3. The number of aryl methyl sites for hydroxylation is 2. The van der Waals surface area contributed by atoms with Gasteiger partial charge in [0.1, 0.15) is 5.82 Å². The maximum atomic E-state index is 13.0. The Hall–Kier alpha value is -2.30. The van der Waals surface area contributed by atoms with E-state index in [0.717, 1.165) is 35.7 Å². The fraction of sp³-hybridized carbons (Fsp3) is 0.444. The third-order valence-electron chi connectivity index (χ3n) is 4.48. The van der Waals surface area contributed by atoms with Crippen molar-refractivity contribution in [2.45, 2.75) is 26.3 Å². The highest BCUT2D eigenvalue weighted by molar-refractivity contribution is 6.00. The van der Waals surface area contributed by atoms with Crippen molar-refractivity contribution in [3.63, 3.8) is 0 Å². The second kappa shape index (κ2) is 6.44. The average molecular weight is 312 g/mol. The van der Waals surface area contributed by atoms with Crippen molar-refractivity contribution in [3.8, 4) is 0 Å². The quantitative estimate of drug-likeness (QED) is 0.871. The molecule has 1 amide bonds. The van der Waals surface area contributed by atoms with Crippen LogP contribution in [0.3, 0.4) is 0 Å². The van der Waals surface area contributed by atoms with Crippen molar-refractivity contribution in [2.24, 2.45) is 7.05 Å². The summed E-state index contributed by atoms with van der Waals surface area (Å²) < 4.78 is 1.95. The fourth-order valence-electron chi connectivity index (χ4n) is 3.09. The first-order chi connectivity index (χ1) is 11.1. The van der Waals surface area contributed by atoms with Crippen LogP contribution < -0.4 is 4.90 Å². The Morgan fingerprint density at radius 1 is 1.30 bits per heavy atom. The summed E-state index contributed by atoms with van der Waals surface area (Å²) in [5.74, 6) is 0.940. The molecule has 5 heteroatoms. The zero-order valence-electron chi connectivity index (χ0n) is 14.1. The molecule has 0 bridgehead atoms. The van der Waals surface area contributed by atoms with E-state index in [-0.39, 0.29) is 5.91 Å². The molecule has 0 atom stereocenters. The molecule has 2 aromatic rings. The summed E-state index contributed by atoms with van der Waals surface area (Å²) in [4.78, 5) is 21.3. The molecule has 0 spiro atoms. The lowest BCUT2D eigenvalue weighted by atomic mass is 10.1. The van der Waals surface area contributed by atoms with Gasteiger partial charge in [-0.1, -0.05) is 11.6 Å². The molecular weight excluding hydrogens is 288 g/mol. The second-order valence-electron chi connectivity index (χ2n) is 6.33. The number of carbonyl (C=O) groups is 1. The summed E-state index contributed by atoms with van der Waals surface area (Å²) in [6.45, 7) is 4.61. The molecule has 1 aliphatic heterocycles. The van der Waals surface area contributed by atoms with Gasteiger partial charge >= 0.3 is 0 Å². The van der Waals surface area contributed by atoms with Crippen LogP contribution in [0.15, 0.2) is 30.6 Å². The van der Waals surface area contributed by atoms with Gasteiger partial charge in [0.25, 0.3) is 5.91 Å². The van der Waals surface area contributed by atoms with Gasteiger partial charge in [-0.15, -0.1) is 0 Å². The minimum Gasteiger partial charge on any atom is -0.371 e. The van der Waals surface area contributed by atoms with E-state index in [1.807, 2.05) is 37.8 Å². The molecule has 0 radical (unpaired) electrons. The van der Waals surface area contributed by atoms with Gasteiger partial charge in [0.15, 0.2) is 0 Å². The maximum absolute atomic E-state index is 13.0. The van der Waals surface area contributed by atoms with Crippen molar-refractivity contribution in [1.29, 1.82) is 0 Å². The zero-order chi connectivity index (χ0) is 16.4. The van der Waals surface area contributed by atoms with Gasteiger partial charge in [0, 0.05) is 45.3 Å². The van der Waals surface area contributed by atoms with E-state index in [1.54, 1.807) is 11.1 Å². The molecule has 1 aromatic carbocycles. The number of rotatable bonds is 4. The Morgan fingerprint density at radius 3 is 2.70 bits per heavy atom. The van der Waals surface area contributed by atoms with Crippen molar-refractivity contribution < 1.29 is 4.79 Å². The van der Waals surface area contributed by atoms with Crippen molar-refractivity contribution in [2.75, 3.05) is 25.0 Å². The molecule has 2 heterocycles. The second-order valence-corrected chi connectivity index (χ2v) is 6.33. The standard InChI is InChI=1S/C18H24N4O/c1-14-6-7-16(22-9-4-5-10-22)15(12-14)18(23)21(3)13-17-19-8-11-20(17)2/h6-8,11-12H,4-5,9-10,13H2,1-3H3. The van der Waals surface area contributed by atoms with Gasteiger partial charge in [-0.2, -0.15) is 0 Å². The van der Waals surface area contributed by atoms with E-state index in [4.69, 9.17) is 0 Å². The molecule has 1 saturated heterocycles. The molecule has 0 aliphatic carbocycles. The van der Waals surface area contributed by atoms with E-state index in [1.165, 1.54) is 12.8 Å². The summed E-state index contributed by atoms with van der Waals surface area (Å²) >= 11 is 0. The highest BCUT2D eigenvalue weighted by Crippen LogP contribution is 2.27. The lowest BCUT2D eigenvalue weighted by Crippen LogP contribution is -2.30. The van der Waals surface area contributed by atoms with Gasteiger partial charge in [0.2, 0.25) is 0 Å². The predicted molar refractivity (Wildman–Crippen MR) is 91.6 cm³/mol. The Kier molecular flexibility index (Phi) is 4.37. The van der Waals surface area contributed by atoms with E-state index in [0.29, 0.717) is 6.54 Å². The fourth-order valence-corrected chi connectivity index (χ4v) is 3.09. The molecule has 3 rings (SSSR count). The van der Waals surface area contributed by atoms with E-state index in [9.17, 15) is 4.79 Å². The van der Waals surface area contributed by atoms with E-state index >= 15 is 0 Å². The van der Waals surface area contributed by atoms with Crippen LogP contribution in [0, 0.1) is 6.92 Å². The lowest BCUT2D eigenvalue weighted by Gasteiger charge is -2.24. The number of amides is 1. The molecule has 0 N–H and O–H groups in total. The maximum Gasteiger partial charge on any atom is 0.256 e. The van der Waals surface area contributed by atoms with Crippen LogP contribution in [0.25, 0.3) is 0 Å². The monoisotopic (exact) mass is 312 g/mol. The summed E-state index contributed by atoms with van der Waals surface area (Å²) in [6, 6.07) is 6.18. The van der Waals surface area contributed by atoms with E-state index < -0.39 is 0 Å². The Bertz CT molecular complexity index is 701. The number of nitrogens with zero attached hydrogens (tertiary/aromatic N) is 4. The first-order valence-electron chi connectivity index (χ1n) is 8.13. The highest BCUT2D eigenvalue weighted by Gasteiger charge is 2.22. The van der Waals surface area contributed by atoms with Crippen molar-refractivity contribution in [3.05, 3.63) is 47.5 Å². The predicted octanol–water partition coefficient (Wildman–Crippen LogP) is 2.60. The van der Waals surface area contributed by atoms with E-state index in [2.05, 4.69) is 22.0 Å². The smallest absolute Gasteiger partial charge is 0.256 e. The lowest BCUT2D eigenvalue weighted by molar-refractivity contribution is 0.0781. The number of imidazole rings is 1. The number of hydrogen-bond acceptors (Lipinski definition) is 3. The minimum atomic E-state index is 0.0543. The summed E-state index contributed by atoms with van der Waals surface area (Å²) in [5, 5.41) is 0. The summed E-state index contributed by atoms with van der Waals surface area (Å²) in [7, 11) is 3.79. The number of anilines is 1. The number of carbonyl (C=O) groups excluding carboxylic acids is 1. The van der Waals surface area contributed by atoms with Crippen LogP contribution in [0.2, 0.25) is 0 Å². The molecule has 0 saturated carbocycles. The first kappa shape index (κ1) is 15.6.